The maximum atomic E-state index is 12.4. The van der Waals surface area contributed by atoms with Gasteiger partial charge in [-0.25, -0.2) is 4.98 Å². The van der Waals surface area contributed by atoms with Crippen LogP contribution < -0.4 is 4.74 Å². The minimum atomic E-state index is -4.95. The summed E-state index contributed by atoms with van der Waals surface area (Å²) in [6.45, 7) is 4.33. The Hall–Kier alpha value is -6.64. The van der Waals surface area contributed by atoms with E-state index in [9.17, 15) is 62.3 Å². The summed E-state index contributed by atoms with van der Waals surface area (Å²) in [5, 5.41) is 46.8. The monoisotopic (exact) mass is 983 g/mol. The Balaban J connectivity index is 1.41. The molecule has 0 saturated carbocycles. The number of aromatic hydroxyl groups is 1. The van der Waals surface area contributed by atoms with Crippen molar-refractivity contribution in [3.8, 4) is 17.7 Å². The zero-order chi connectivity index (χ0) is 48.4. The van der Waals surface area contributed by atoms with E-state index in [1.165, 1.54) is 66.0 Å². The Morgan fingerprint density at radius 1 is 0.788 bits per heavy atom. The predicted octanol–water partition coefficient (Wildman–Crippen LogP) is 8.26. The van der Waals surface area contributed by atoms with E-state index in [4.69, 9.17) is 4.74 Å². The summed E-state index contributed by atoms with van der Waals surface area (Å²) in [5.41, 5.74) is 0.551. The quantitative estimate of drug-likeness (QED) is 0.0353. The van der Waals surface area contributed by atoms with Gasteiger partial charge in [0, 0.05) is 11.6 Å². The van der Waals surface area contributed by atoms with E-state index in [1.54, 1.807) is 6.92 Å². The highest BCUT2D eigenvalue weighted by molar-refractivity contribution is 7.87. The van der Waals surface area contributed by atoms with Crippen LogP contribution in [-0.2, 0) is 46.9 Å². The van der Waals surface area contributed by atoms with Crippen LogP contribution >= 0.6 is 0 Å². The SMILES string of the molecule is CCCc1c(N=Nc2cc(C)c(N=Nc3ccc(N=Nc4ccc(S(=O)(=O)O)cc4)cc3S(=O)(=O)O)cc2OCCCS(=O)(=O)O)c(O)n2c3c(nc2c1C#N)C=CC(C)(S(=O)(=O)O)C=C3. The fourth-order valence-corrected chi connectivity index (χ4v) is 8.38. The number of nitriles is 1. The normalized spacial score (nSPS) is 15.8. The van der Waals surface area contributed by atoms with Gasteiger partial charge in [-0.3, -0.25) is 22.6 Å². The standard InChI is InChI=1S/C39H37N9O14S4/c1-4-6-27-28(22-40)37-41-29-13-15-39(3,66(59,60)61)16-14-33(29)48(37)38(49)36(27)47-46-32-19-23(2)31(21-34(32)62-17-5-18-63(50,51)52)45-44-30-12-9-25(20-35(30)65(56,57)58)43-42-24-7-10-26(11-8-24)64(53,54)55/h7-16,19-21,49H,4-6,17-18H2,1-3H3,(H,50,51,52)(H,53,54,55)(H,56,57,58)(H,59,60,61). The molecule has 0 radical (unpaired) electrons. The van der Waals surface area contributed by atoms with Crippen LogP contribution in [0.2, 0.25) is 0 Å². The van der Waals surface area contributed by atoms with Gasteiger partial charge >= 0.3 is 0 Å². The third-order valence-electron chi connectivity index (χ3n) is 9.73. The smallest absolute Gasteiger partial charge is 0.296 e. The molecule has 0 saturated heterocycles. The largest absolute Gasteiger partial charge is 0.493 e. The van der Waals surface area contributed by atoms with E-state index in [2.05, 4.69) is 41.7 Å². The second-order valence-corrected chi connectivity index (χ2v) is 20.8. The van der Waals surface area contributed by atoms with Gasteiger partial charge in [-0.15, -0.1) is 15.3 Å². The molecule has 1 aliphatic rings. The average molecular weight is 984 g/mol. The number of azo groups is 3. The first kappa shape index (κ1) is 48.8. The Bertz CT molecular complexity index is 3440. The highest BCUT2D eigenvalue weighted by Gasteiger charge is 2.35. The molecule has 2 heterocycles. The first-order chi connectivity index (χ1) is 30.8. The molecule has 0 bridgehead atoms. The molecule has 5 aromatic rings. The first-order valence-corrected chi connectivity index (χ1v) is 25.0. The lowest BCUT2D eigenvalue weighted by Crippen LogP contribution is -2.29. The number of nitrogens with zero attached hydrogens (tertiary/aromatic N) is 9. The highest BCUT2D eigenvalue weighted by atomic mass is 32.2. The number of ether oxygens (including phenoxy) is 1. The minimum absolute atomic E-state index is 0.0177. The Morgan fingerprint density at radius 3 is 2.05 bits per heavy atom. The Morgan fingerprint density at radius 2 is 1.42 bits per heavy atom. The maximum Gasteiger partial charge on any atom is 0.296 e. The van der Waals surface area contributed by atoms with Gasteiger partial charge in [0.2, 0.25) is 5.88 Å². The molecule has 1 unspecified atom stereocenters. The van der Waals surface area contributed by atoms with Gasteiger partial charge in [0.25, 0.3) is 40.5 Å². The molecular weight excluding hydrogens is 947 g/mol. The fraction of sp³-hybridized carbons (Fsp3) is 0.231. The highest BCUT2D eigenvalue weighted by Crippen LogP contribution is 2.43. The van der Waals surface area contributed by atoms with E-state index in [0.29, 0.717) is 12.0 Å². The van der Waals surface area contributed by atoms with E-state index in [0.717, 1.165) is 24.3 Å². The molecule has 0 fully saturated rings. The summed E-state index contributed by atoms with van der Waals surface area (Å²) < 4.78 is 138. The van der Waals surface area contributed by atoms with E-state index < -0.39 is 66.6 Å². The number of imidazole rings is 1. The van der Waals surface area contributed by atoms with Crippen LogP contribution in [0.1, 0.15) is 54.8 Å². The van der Waals surface area contributed by atoms with E-state index >= 15 is 0 Å². The number of rotatable bonds is 16. The van der Waals surface area contributed by atoms with Gasteiger partial charge in [-0.05, 0) is 92.9 Å². The van der Waals surface area contributed by atoms with Crippen molar-refractivity contribution < 1.29 is 61.7 Å². The summed E-state index contributed by atoms with van der Waals surface area (Å²) in [5.74, 6) is -1.28. The van der Waals surface area contributed by atoms with Crippen molar-refractivity contribution in [2.45, 2.75) is 54.6 Å². The van der Waals surface area contributed by atoms with Gasteiger partial charge in [-0.1, -0.05) is 25.5 Å². The maximum absolute atomic E-state index is 12.4. The lowest BCUT2D eigenvalue weighted by molar-refractivity contribution is 0.317. The van der Waals surface area contributed by atoms with Crippen LogP contribution in [0, 0.1) is 18.3 Å². The van der Waals surface area contributed by atoms with Crippen molar-refractivity contribution in [1.29, 1.82) is 5.26 Å². The third-order valence-corrected chi connectivity index (χ3v) is 13.7. The minimum Gasteiger partial charge on any atom is -0.493 e. The van der Waals surface area contributed by atoms with Gasteiger partial charge in [0.1, 0.15) is 38.4 Å². The number of fused-ring (bicyclic) bond motifs is 3. The number of benzene rings is 3. The number of aromatic nitrogens is 2. The Kier molecular flexibility index (Phi) is 13.8. The summed E-state index contributed by atoms with van der Waals surface area (Å²) in [4.78, 5) is 3.38. The van der Waals surface area contributed by atoms with Gasteiger partial charge in [0.15, 0.2) is 11.3 Å². The second-order valence-electron chi connectivity index (χ2n) is 14.5. The van der Waals surface area contributed by atoms with Crippen LogP contribution in [0.3, 0.4) is 0 Å². The lowest BCUT2D eigenvalue weighted by atomic mass is 10.0. The van der Waals surface area contributed by atoms with E-state index in [-0.39, 0.29) is 87.5 Å². The molecular formula is C39H37N9O14S4. The van der Waals surface area contributed by atoms with Crippen molar-refractivity contribution in [2.24, 2.45) is 30.7 Å². The van der Waals surface area contributed by atoms with Crippen LogP contribution in [-0.4, -0.2) is 83.5 Å². The topological polar surface area (TPSA) is 362 Å². The van der Waals surface area contributed by atoms with Crippen LogP contribution in [0.15, 0.2) is 107 Å². The number of aryl methyl sites for hydroxylation is 1. The molecule has 3 aromatic carbocycles. The van der Waals surface area contributed by atoms with Gasteiger partial charge in [-0.2, -0.15) is 54.3 Å². The zero-order valence-corrected chi connectivity index (χ0v) is 37.9. The third kappa shape index (κ3) is 10.9. The first-order valence-electron chi connectivity index (χ1n) is 19.1. The number of hydrogen-bond acceptors (Lipinski definition) is 18. The molecule has 0 amide bonds. The molecule has 66 heavy (non-hydrogen) atoms. The van der Waals surface area contributed by atoms with Gasteiger partial charge in [0.05, 0.1) is 45.7 Å². The van der Waals surface area contributed by atoms with Crippen LogP contribution in [0.25, 0.3) is 17.8 Å². The van der Waals surface area contributed by atoms with Crippen LogP contribution in [0.5, 0.6) is 11.6 Å². The van der Waals surface area contributed by atoms with Gasteiger partial charge < -0.3 is 9.84 Å². The van der Waals surface area contributed by atoms with Crippen molar-refractivity contribution in [2.75, 3.05) is 12.4 Å². The molecule has 27 heteroatoms. The summed E-state index contributed by atoms with van der Waals surface area (Å²) in [6.07, 6.45) is 5.54. The Labute approximate surface area is 377 Å². The molecule has 2 aromatic heterocycles. The molecule has 0 aliphatic heterocycles. The summed E-state index contributed by atoms with van der Waals surface area (Å²) in [6, 6.07) is 12.8. The zero-order valence-electron chi connectivity index (χ0n) is 34.6. The van der Waals surface area contributed by atoms with E-state index in [1.807, 2.05) is 6.92 Å². The summed E-state index contributed by atoms with van der Waals surface area (Å²) in [7, 11) is -18.4. The molecule has 1 aliphatic carbocycles. The fourth-order valence-electron chi connectivity index (χ4n) is 6.29. The second kappa shape index (κ2) is 18.7. The van der Waals surface area contributed by atoms with Crippen LogP contribution in [0.4, 0.5) is 34.1 Å². The molecule has 6 rings (SSSR count). The van der Waals surface area contributed by atoms with Crippen molar-refractivity contribution in [3.05, 3.63) is 94.8 Å². The molecule has 346 valence electrons. The molecule has 23 nitrogen and oxygen atoms in total. The number of hydrogen-bond donors (Lipinski definition) is 5. The molecule has 5 N–H and O–H groups in total. The predicted molar refractivity (Wildman–Crippen MR) is 236 cm³/mol. The molecule has 0 spiro atoms. The summed E-state index contributed by atoms with van der Waals surface area (Å²) >= 11 is 0. The van der Waals surface area contributed by atoms with Crippen molar-refractivity contribution in [1.82, 2.24) is 9.38 Å². The van der Waals surface area contributed by atoms with Crippen molar-refractivity contribution in [3.63, 3.8) is 0 Å². The van der Waals surface area contributed by atoms with Crippen molar-refractivity contribution >= 4 is 92.4 Å². The average Bonchev–Trinajstić information content (AvgIpc) is 3.51. The lowest BCUT2D eigenvalue weighted by Gasteiger charge is -2.16. The number of pyridine rings is 1. The molecule has 1 atom stereocenters.